The van der Waals surface area contributed by atoms with Crippen LogP contribution in [0, 0.1) is 12.7 Å². The number of benzene rings is 2. The third-order valence-electron chi connectivity index (χ3n) is 5.92. The highest BCUT2D eigenvalue weighted by atomic mass is 32.1. The van der Waals surface area contributed by atoms with Crippen LogP contribution < -0.4 is 15.8 Å². The number of hydrogen-bond donors (Lipinski definition) is 2. The molecule has 7 nitrogen and oxygen atoms in total. The van der Waals surface area contributed by atoms with Crippen LogP contribution in [0.5, 0.6) is 5.75 Å². The molecule has 0 atom stereocenters. The number of fused-ring (bicyclic) bond motifs is 1. The number of thiophene rings is 1. The molecule has 5 rings (SSSR count). The van der Waals surface area contributed by atoms with E-state index < -0.39 is 29.5 Å². The number of anilines is 1. The maximum absolute atomic E-state index is 13.7. The predicted octanol–water partition coefficient (Wildman–Crippen LogP) is 6.95. The molecule has 5 aromatic rings. The Hall–Kier alpha value is -4.71. The van der Waals surface area contributed by atoms with E-state index in [-0.39, 0.29) is 44.3 Å². The number of carbonyl (C=O) groups excluding carboxylic acids is 2. The van der Waals surface area contributed by atoms with Crippen molar-refractivity contribution in [2.75, 3.05) is 5.32 Å². The first-order valence-corrected chi connectivity index (χ1v) is 12.5. The molecule has 0 bridgehead atoms. The Bertz CT molecular complexity index is 1740. The van der Waals surface area contributed by atoms with Crippen molar-refractivity contribution in [3.05, 3.63) is 100 Å². The number of carbonyl (C=O) groups is 2. The van der Waals surface area contributed by atoms with Gasteiger partial charge in [0.2, 0.25) is 0 Å². The van der Waals surface area contributed by atoms with Gasteiger partial charge in [-0.1, -0.05) is 30.3 Å². The molecular weight excluding hydrogens is 550 g/mol. The van der Waals surface area contributed by atoms with Gasteiger partial charge in [-0.05, 0) is 60.0 Å². The average molecular weight is 570 g/mol. The lowest BCUT2D eigenvalue weighted by atomic mass is 10.0. The summed E-state index contributed by atoms with van der Waals surface area (Å²) in [5.41, 5.74) is 5.25. The SMILES string of the molecule is Cc1ccccc1OCc1ccc(C(=O)Nc2c(C(N)=O)sc3nc(C(F)(F)F)cc(-c4ccc(F)cc4)c23)o1. The molecule has 2 aromatic carbocycles. The van der Waals surface area contributed by atoms with Gasteiger partial charge in [-0.3, -0.25) is 9.59 Å². The summed E-state index contributed by atoms with van der Waals surface area (Å²) in [7, 11) is 0. The number of rotatable bonds is 7. The maximum atomic E-state index is 13.7. The highest BCUT2D eigenvalue weighted by molar-refractivity contribution is 7.21. The van der Waals surface area contributed by atoms with E-state index in [1.54, 1.807) is 6.07 Å². The standard InChI is InChI=1S/C28H19F4N3O4S/c1-14-4-2-3-5-19(14)38-13-17-10-11-20(39-17)26(37)35-23-22-18(15-6-8-16(29)9-7-15)12-21(28(30,31)32)34-27(22)40-24(23)25(33)36/h2-12H,13H2,1H3,(H2,33,36)(H,35,37). The topological polar surface area (TPSA) is 107 Å². The number of nitrogens with one attached hydrogen (secondary N) is 1. The highest BCUT2D eigenvalue weighted by Gasteiger charge is 2.35. The van der Waals surface area contributed by atoms with E-state index >= 15 is 0 Å². The van der Waals surface area contributed by atoms with Crippen LogP contribution in [0.3, 0.4) is 0 Å². The van der Waals surface area contributed by atoms with Gasteiger partial charge >= 0.3 is 6.18 Å². The summed E-state index contributed by atoms with van der Waals surface area (Å²) < 4.78 is 65.9. The van der Waals surface area contributed by atoms with Crippen LogP contribution in [-0.2, 0) is 12.8 Å². The lowest BCUT2D eigenvalue weighted by Gasteiger charge is -2.12. The Balaban J connectivity index is 1.53. The summed E-state index contributed by atoms with van der Waals surface area (Å²) in [6, 6.07) is 15.8. The molecular formula is C28H19F4N3O4S. The molecule has 3 N–H and O–H groups in total. The molecule has 0 saturated carbocycles. The second kappa shape index (κ2) is 10.5. The number of aromatic nitrogens is 1. The molecule has 0 unspecified atom stereocenters. The van der Waals surface area contributed by atoms with E-state index in [1.807, 2.05) is 25.1 Å². The Morgan fingerprint density at radius 2 is 1.80 bits per heavy atom. The van der Waals surface area contributed by atoms with E-state index in [1.165, 1.54) is 24.3 Å². The first kappa shape index (κ1) is 26.9. The van der Waals surface area contributed by atoms with Crippen molar-refractivity contribution in [1.29, 1.82) is 0 Å². The summed E-state index contributed by atoms with van der Waals surface area (Å²) >= 11 is 0.599. The number of furan rings is 1. The number of para-hydroxylation sites is 1. The van der Waals surface area contributed by atoms with Crippen molar-refractivity contribution in [2.45, 2.75) is 19.7 Å². The van der Waals surface area contributed by atoms with Gasteiger partial charge in [-0.25, -0.2) is 9.37 Å². The highest BCUT2D eigenvalue weighted by Crippen LogP contribution is 2.43. The Morgan fingerprint density at radius 1 is 1.07 bits per heavy atom. The molecule has 12 heteroatoms. The van der Waals surface area contributed by atoms with Gasteiger partial charge < -0.3 is 20.2 Å². The zero-order valence-corrected chi connectivity index (χ0v) is 21.5. The van der Waals surface area contributed by atoms with Gasteiger partial charge in [-0.2, -0.15) is 13.2 Å². The molecule has 0 aliphatic rings. The van der Waals surface area contributed by atoms with Crippen molar-refractivity contribution >= 4 is 39.1 Å². The fourth-order valence-electron chi connectivity index (χ4n) is 4.01. The van der Waals surface area contributed by atoms with Crippen LogP contribution in [0.4, 0.5) is 23.2 Å². The molecule has 0 fully saturated rings. The van der Waals surface area contributed by atoms with E-state index in [4.69, 9.17) is 14.9 Å². The normalized spacial score (nSPS) is 11.5. The number of ether oxygens (including phenoxy) is 1. The maximum Gasteiger partial charge on any atom is 0.433 e. The number of alkyl halides is 3. The molecule has 0 aliphatic heterocycles. The Morgan fingerprint density at radius 3 is 2.48 bits per heavy atom. The number of hydrogen-bond acceptors (Lipinski definition) is 6. The minimum atomic E-state index is -4.81. The number of nitrogens with zero attached hydrogens (tertiary/aromatic N) is 1. The Labute approximate surface area is 228 Å². The number of pyridine rings is 1. The molecule has 3 aromatic heterocycles. The van der Waals surface area contributed by atoms with Crippen LogP contribution in [0.15, 0.2) is 71.1 Å². The minimum Gasteiger partial charge on any atom is -0.485 e. The third-order valence-corrected chi connectivity index (χ3v) is 7.02. The molecule has 0 spiro atoms. The van der Waals surface area contributed by atoms with Gasteiger partial charge in [0.15, 0.2) is 5.76 Å². The largest absolute Gasteiger partial charge is 0.485 e. The quantitative estimate of drug-likeness (QED) is 0.206. The van der Waals surface area contributed by atoms with Crippen LogP contribution in [0.1, 0.15) is 37.2 Å². The van der Waals surface area contributed by atoms with Gasteiger partial charge in [-0.15, -0.1) is 11.3 Å². The number of nitrogens with two attached hydrogens (primary N) is 1. The summed E-state index contributed by atoms with van der Waals surface area (Å²) in [6.45, 7) is 1.91. The number of amides is 2. The second-order valence-electron chi connectivity index (χ2n) is 8.68. The lowest BCUT2D eigenvalue weighted by molar-refractivity contribution is -0.140. The van der Waals surface area contributed by atoms with Crippen molar-refractivity contribution in [1.82, 2.24) is 4.98 Å². The predicted molar refractivity (Wildman–Crippen MR) is 141 cm³/mol. The van der Waals surface area contributed by atoms with Crippen molar-refractivity contribution in [2.24, 2.45) is 5.73 Å². The lowest BCUT2D eigenvalue weighted by Crippen LogP contribution is -2.16. The monoisotopic (exact) mass is 569 g/mol. The molecule has 0 aliphatic carbocycles. The summed E-state index contributed by atoms with van der Waals surface area (Å²) in [6.07, 6.45) is -4.81. The molecule has 204 valence electrons. The van der Waals surface area contributed by atoms with Crippen LogP contribution in [-0.4, -0.2) is 16.8 Å². The van der Waals surface area contributed by atoms with E-state index in [0.717, 1.165) is 23.8 Å². The minimum absolute atomic E-state index is 0.0249. The van der Waals surface area contributed by atoms with E-state index in [9.17, 15) is 27.2 Å². The molecule has 3 heterocycles. The smallest absolute Gasteiger partial charge is 0.433 e. The number of primary amides is 1. The molecule has 0 saturated heterocycles. The molecule has 2 amide bonds. The van der Waals surface area contributed by atoms with Crippen LogP contribution in [0.2, 0.25) is 0 Å². The fraction of sp³-hybridized carbons (Fsp3) is 0.107. The molecule has 0 radical (unpaired) electrons. The third kappa shape index (κ3) is 5.38. The average Bonchev–Trinajstić information content (AvgIpc) is 3.53. The van der Waals surface area contributed by atoms with Gasteiger partial charge in [0.25, 0.3) is 11.8 Å². The van der Waals surface area contributed by atoms with Crippen LogP contribution >= 0.6 is 11.3 Å². The van der Waals surface area contributed by atoms with E-state index in [2.05, 4.69) is 10.3 Å². The van der Waals surface area contributed by atoms with E-state index in [0.29, 0.717) is 22.8 Å². The van der Waals surface area contributed by atoms with Gasteiger partial charge in [0, 0.05) is 5.39 Å². The zero-order chi connectivity index (χ0) is 28.6. The van der Waals surface area contributed by atoms with Gasteiger partial charge in [0.1, 0.15) is 39.3 Å². The fourth-order valence-corrected chi connectivity index (χ4v) is 5.02. The number of halogens is 4. The summed E-state index contributed by atoms with van der Waals surface area (Å²) in [5, 5.41) is 2.59. The molecule has 40 heavy (non-hydrogen) atoms. The second-order valence-corrected chi connectivity index (χ2v) is 9.68. The number of aryl methyl sites for hydroxylation is 1. The van der Waals surface area contributed by atoms with Crippen molar-refractivity contribution in [3.8, 4) is 16.9 Å². The van der Waals surface area contributed by atoms with Crippen LogP contribution in [0.25, 0.3) is 21.3 Å². The van der Waals surface area contributed by atoms with Crippen molar-refractivity contribution in [3.63, 3.8) is 0 Å². The Kier molecular flexibility index (Phi) is 7.03. The first-order valence-electron chi connectivity index (χ1n) is 11.7. The zero-order valence-electron chi connectivity index (χ0n) is 20.6. The van der Waals surface area contributed by atoms with Gasteiger partial charge in [0.05, 0.1) is 5.69 Å². The first-order chi connectivity index (χ1) is 19.0. The summed E-state index contributed by atoms with van der Waals surface area (Å²) in [5.74, 6) is -1.52. The van der Waals surface area contributed by atoms with Crippen molar-refractivity contribution < 1.29 is 36.3 Å². The summed E-state index contributed by atoms with van der Waals surface area (Å²) in [4.78, 5) is 28.7.